The van der Waals surface area contributed by atoms with Gasteiger partial charge in [0.25, 0.3) is 5.91 Å². The summed E-state index contributed by atoms with van der Waals surface area (Å²) in [7, 11) is 0. The van der Waals surface area contributed by atoms with Gasteiger partial charge in [-0.3, -0.25) is 4.79 Å². The highest BCUT2D eigenvalue weighted by Crippen LogP contribution is 2.28. The van der Waals surface area contributed by atoms with Crippen LogP contribution in [0.3, 0.4) is 0 Å². The van der Waals surface area contributed by atoms with E-state index in [1.165, 1.54) is 0 Å². The predicted octanol–water partition coefficient (Wildman–Crippen LogP) is 4.90. The van der Waals surface area contributed by atoms with Gasteiger partial charge in [0.05, 0.1) is 0 Å². The van der Waals surface area contributed by atoms with Crippen LogP contribution in [-0.4, -0.2) is 15.6 Å². The number of benzene rings is 1. The molecule has 0 saturated carbocycles. The van der Waals surface area contributed by atoms with Crippen LogP contribution in [0.2, 0.25) is 5.02 Å². The molecule has 0 fully saturated rings. The monoisotopic (exact) mass is 394 g/mol. The maximum Gasteiger partial charge on any atom is 0.267 e. The van der Waals surface area contributed by atoms with Crippen LogP contribution in [0, 0.1) is 39.0 Å². The lowest BCUT2D eigenvalue weighted by atomic mass is 10.1. The number of nitrogens with one attached hydrogen (secondary N) is 1. The SMILES string of the molecule is Cc1cc(NC(=O)C(C#N)=Cc2cc(C)n(-c3cccc(Cl)c3C)c2C)no1. The Bertz CT molecular complexity index is 1130. The number of amides is 1. The van der Waals surface area contributed by atoms with E-state index < -0.39 is 5.91 Å². The minimum absolute atomic E-state index is 0.0243. The van der Waals surface area contributed by atoms with Crippen molar-refractivity contribution in [3.63, 3.8) is 0 Å². The number of carbonyl (C=O) groups excluding carboxylic acids is 1. The molecule has 0 aliphatic heterocycles. The molecule has 0 spiro atoms. The smallest absolute Gasteiger partial charge is 0.267 e. The molecule has 28 heavy (non-hydrogen) atoms. The molecule has 7 heteroatoms. The van der Waals surface area contributed by atoms with Gasteiger partial charge in [-0.1, -0.05) is 22.8 Å². The van der Waals surface area contributed by atoms with Crippen molar-refractivity contribution in [2.45, 2.75) is 27.7 Å². The van der Waals surface area contributed by atoms with Gasteiger partial charge in [0, 0.05) is 28.2 Å². The molecule has 2 aromatic heterocycles. The molecule has 1 amide bonds. The summed E-state index contributed by atoms with van der Waals surface area (Å²) in [4.78, 5) is 12.4. The molecule has 0 unspecified atom stereocenters. The van der Waals surface area contributed by atoms with E-state index in [1.54, 1.807) is 19.1 Å². The fraction of sp³-hybridized carbons (Fsp3) is 0.190. The molecular weight excluding hydrogens is 376 g/mol. The van der Waals surface area contributed by atoms with E-state index in [0.29, 0.717) is 10.8 Å². The zero-order chi connectivity index (χ0) is 20.4. The summed E-state index contributed by atoms with van der Waals surface area (Å²) in [6.45, 7) is 7.58. The number of hydrogen-bond acceptors (Lipinski definition) is 4. The zero-order valence-electron chi connectivity index (χ0n) is 16.0. The second-order valence-corrected chi connectivity index (χ2v) is 6.90. The van der Waals surface area contributed by atoms with Gasteiger partial charge in [0.1, 0.15) is 17.4 Å². The van der Waals surface area contributed by atoms with E-state index in [-0.39, 0.29) is 11.4 Å². The minimum atomic E-state index is -0.542. The lowest BCUT2D eigenvalue weighted by Crippen LogP contribution is -2.13. The van der Waals surface area contributed by atoms with Crippen LogP contribution in [0.15, 0.2) is 40.4 Å². The van der Waals surface area contributed by atoms with Gasteiger partial charge in [0.15, 0.2) is 5.82 Å². The first-order valence-electron chi connectivity index (χ1n) is 8.62. The summed E-state index contributed by atoms with van der Waals surface area (Å²) in [6.07, 6.45) is 1.57. The maximum atomic E-state index is 12.4. The number of anilines is 1. The zero-order valence-corrected chi connectivity index (χ0v) is 16.8. The molecule has 3 aromatic rings. The number of carbonyl (C=O) groups is 1. The first-order valence-corrected chi connectivity index (χ1v) is 9.00. The fourth-order valence-electron chi connectivity index (χ4n) is 3.06. The van der Waals surface area contributed by atoms with Crippen molar-refractivity contribution >= 4 is 29.4 Å². The van der Waals surface area contributed by atoms with E-state index in [9.17, 15) is 10.1 Å². The molecule has 0 atom stereocenters. The van der Waals surface area contributed by atoms with Crippen LogP contribution in [0.4, 0.5) is 5.82 Å². The van der Waals surface area contributed by atoms with E-state index >= 15 is 0 Å². The van der Waals surface area contributed by atoms with Gasteiger partial charge in [0.2, 0.25) is 0 Å². The van der Waals surface area contributed by atoms with Crippen molar-refractivity contribution in [3.8, 4) is 11.8 Å². The van der Waals surface area contributed by atoms with Crippen LogP contribution in [0.5, 0.6) is 0 Å². The number of halogens is 1. The molecule has 0 aliphatic rings. The standard InChI is InChI=1S/C21H19ClN4O2/c1-12-8-16(15(4)26(12)19-7-5-6-18(22)14(19)3)10-17(11-23)21(27)24-20-9-13(2)28-25-20/h5-10H,1-4H3,(H,24,25,27). The van der Waals surface area contributed by atoms with E-state index in [0.717, 1.165) is 28.2 Å². The van der Waals surface area contributed by atoms with Gasteiger partial charge >= 0.3 is 0 Å². The molecule has 6 nitrogen and oxygen atoms in total. The normalized spacial score (nSPS) is 11.4. The minimum Gasteiger partial charge on any atom is -0.360 e. The van der Waals surface area contributed by atoms with Crippen molar-refractivity contribution in [2.24, 2.45) is 0 Å². The Kier molecular flexibility index (Phi) is 5.39. The van der Waals surface area contributed by atoms with Crippen LogP contribution < -0.4 is 5.32 Å². The highest BCUT2D eigenvalue weighted by molar-refractivity contribution is 6.31. The van der Waals surface area contributed by atoms with Crippen molar-refractivity contribution in [1.82, 2.24) is 9.72 Å². The average molecular weight is 395 g/mol. The first kappa shape index (κ1) is 19.5. The number of rotatable bonds is 4. The van der Waals surface area contributed by atoms with Crippen molar-refractivity contribution in [1.29, 1.82) is 5.26 Å². The third-order valence-corrected chi connectivity index (χ3v) is 4.89. The van der Waals surface area contributed by atoms with Crippen LogP contribution in [-0.2, 0) is 4.79 Å². The maximum absolute atomic E-state index is 12.4. The largest absolute Gasteiger partial charge is 0.360 e. The highest BCUT2D eigenvalue weighted by atomic mass is 35.5. The summed E-state index contributed by atoms with van der Waals surface area (Å²) >= 11 is 6.27. The number of hydrogen-bond donors (Lipinski definition) is 1. The summed E-state index contributed by atoms with van der Waals surface area (Å²) in [6, 6.07) is 11.2. The van der Waals surface area contributed by atoms with Crippen LogP contribution in [0.25, 0.3) is 11.8 Å². The van der Waals surface area contributed by atoms with E-state index in [2.05, 4.69) is 15.0 Å². The molecular formula is C21H19ClN4O2. The van der Waals surface area contributed by atoms with Crippen molar-refractivity contribution < 1.29 is 9.32 Å². The third-order valence-electron chi connectivity index (χ3n) is 4.48. The van der Waals surface area contributed by atoms with Gasteiger partial charge in [-0.15, -0.1) is 0 Å². The Balaban J connectivity index is 1.98. The molecule has 142 valence electrons. The molecule has 2 heterocycles. The molecule has 1 aromatic carbocycles. The Morgan fingerprint density at radius 1 is 1.29 bits per heavy atom. The van der Waals surface area contributed by atoms with Crippen LogP contribution >= 0.6 is 11.6 Å². The molecule has 1 N–H and O–H groups in total. The number of nitrogens with zero attached hydrogens (tertiary/aromatic N) is 3. The van der Waals surface area contributed by atoms with E-state index in [4.69, 9.17) is 16.1 Å². The average Bonchev–Trinajstić information content (AvgIpc) is 3.18. The van der Waals surface area contributed by atoms with Gasteiger partial charge in [-0.05, 0) is 63.1 Å². The van der Waals surface area contributed by atoms with E-state index in [1.807, 2.05) is 51.1 Å². The highest BCUT2D eigenvalue weighted by Gasteiger charge is 2.16. The Morgan fingerprint density at radius 2 is 2.04 bits per heavy atom. The van der Waals surface area contributed by atoms with Crippen LogP contribution in [0.1, 0.15) is 28.3 Å². The first-order chi connectivity index (χ1) is 13.3. The molecule has 0 bridgehead atoms. The lowest BCUT2D eigenvalue weighted by molar-refractivity contribution is -0.112. The Morgan fingerprint density at radius 3 is 2.68 bits per heavy atom. The fourth-order valence-corrected chi connectivity index (χ4v) is 3.23. The van der Waals surface area contributed by atoms with Crippen molar-refractivity contribution in [2.75, 3.05) is 5.32 Å². The van der Waals surface area contributed by atoms with Gasteiger partial charge in [-0.2, -0.15) is 5.26 Å². The summed E-state index contributed by atoms with van der Waals surface area (Å²) in [5, 5.41) is 16.4. The Hall–Kier alpha value is -3.30. The van der Waals surface area contributed by atoms with Crippen molar-refractivity contribution in [3.05, 3.63) is 69.2 Å². The second-order valence-electron chi connectivity index (χ2n) is 6.49. The summed E-state index contributed by atoms with van der Waals surface area (Å²) in [5.41, 5.74) is 4.55. The summed E-state index contributed by atoms with van der Waals surface area (Å²) in [5.74, 6) is 0.293. The molecule has 0 saturated heterocycles. The molecule has 3 rings (SSSR count). The van der Waals surface area contributed by atoms with Gasteiger partial charge in [-0.25, -0.2) is 0 Å². The predicted molar refractivity (Wildman–Crippen MR) is 108 cm³/mol. The summed E-state index contributed by atoms with van der Waals surface area (Å²) < 4.78 is 6.98. The molecule has 0 radical (unpaired) electrons. The number of nitriles is 1. The number of aryl methyl sites for hydroxylation is 2. The Labute approximate surface area is 168 Å². The topological polar surface area (TPSA) is 83.9 Å². The second kappa shape index (κ2) is 7.75. The lowest BCUT2D eigenvalue weighted by Gasteiger charge is -2.13. The molecule has 0 aliphatic carbocycles. The van der Waals surface area contributed by atoms with Gasteiger partial charge < -0.3 is 14.4 Å². The number of aromatic nitrogens is 2. The quantitative estimate of drug-likeness (QED) is 0.504. The third kappa shape index (κ3) is 3.71.